The first kappa shape index (κ1) is 13.1. The summed E-state index contributed by atoms with van der Waals surface area (Å²) in [6, 6.07) is 4.54. The Balaban J connectivity index is 2.15. The van der Waals surface area contributed by atoms with Crippen molar-refractivity contribution in [2.75, 3.05) is 6.61 Å². The summed E-state index contributed by atoms with van der Waals surface area (Å²) in [6.45, 7) is 7.52. The van der Waals surface area contributed by atoms with Crippen LogP contribution in [0.25, 0.3) is 0 Å². The molecule has 2 unspecified atom stereocenters. The molecule has 1 heterocycles. The van der Waals surface area contributed by atoms with Gasteiger partial charge >= 0.3 is 0 Å². The Morgan fingerprint density at radius 2 is 1.94 bits per heavy atom. The van der Waals surface area contributed by atoms with E-state index in [-0.39, 0.29) is 0 Å². The van der Waals surface area contributed by atoms with Gasteiger partial charge in [0.1, 0.15) is 0 Å². The summed E-state index contributed by atoms with van der Waals surface area (Å²) in [7, 11) is 0. The van der Waals surface area contributed by atoms with Gasteiger partial charge in [-0.2, -0.15) is 0 Å². The zero-order valence-corrected chi connectivity index (χ0v) is 12.5. The van der Waals surface area contributed by atoms with Crippen LogP contribution in [0.1, 0.15) is 46.3 Å². The van der Waals surface area contributed by atoms with Crippen LogP contribution in [0.3, 0.4) is 0 Å². The van der Waals surface area contributed by atoms with Gasteiger partial charge in [-0.3, -0.25) is 0 Å². The van der Waals surface area contributed by atoms with E-state index in [4.69, 9.17) is 4.74 Å². The third-order valence-corrected chi connectivity index (χ3v) is 4.38. The first-order valence-electron chi connectivity index (χ1n) is 6.41. The molecule has 0 aliphatic carbocycles. The second-order valence-electron chi connectivity index (χ2n) is 5.15. The third kappa shape index (κ3) is 3.11. The van der Waals surface area contributed by atoms with E-state index in [1.807, 2.05) is 0 Å². The van der Waals surface area contributed by atoms with Crippen LogP contribution in [-0.2, 0) is 4.74 Å². The third-order valence-electron chi connectivity index (χ3n) is 3.55. The fourth-order valence-electron chi connectivity index (χ4n) is 2.86. The van der Waals surface area contributed by atoms with Crippen molar-refractivity contribution in [2.45, 2.75) is 51.0 Å². The molecule has 1 aromatic carbocycles. The largest absolute Gasteiger partial charge is 0.378 e. The SMILES string of the molecule is Cc1cc(C)c(C(Br)CC2CCCO2)c(C)c1. The molecule has 0 saturated carbocycles. The van der Waals surface area contributed by atoms with Crippen LogP contribution in [0.5, 0.6) is 0 Å². The van der Waals surface area contributed by atoms with Crippen molar-refractivity contribution in [3.63, 3.8) is 0 Å². The van der Waals surface area contributed by atoms with Gasteiger partial charge in [0.05, 0.1) is 6.10 Å². The monoisotopic (exact) mass is 296 g/mol. The molecule has 0 amide bonds. The van der Waals surface area contributed by atoms with Crippen molar-refractivity contribution >= 4 is 15.9 Å². The van der Waals surface area contributed by atoms with Crippen molar-refractivity contribution in [3.8, 4) is 0 Å². The van der Waals surface area contributed by atoms with Gasteiger partial charge < -0.3 is 4.74 Å². The number of alkyl halides is 1. The van der Waals surface area contributed by atoms with E-state index in [0.29, 0.717) is 10.9 Å². The van der Waals surface area contributed by atoms with Gasteiger partial charge in [-0.1, -0.05) is 33.6 Å². The molecule has 2 rings (SSSR count). The van der Waals surface area contributed by atoms with Crippen molar-refractivity contribution in [2.24, 2.45) is 0 Å². The maximum Gasteiger partial charge on any atom is 0.0589 e. The Bertz CT molecular complexity index is 371. The molecule has 1 aromatic rings. The van der Waals surface area contributed by atoms with E-state index < -0.39 is 0 Å². The van der Waals surface area contributed by atoms with Crippen molar-refractivity contribution in [1.29, 1.82) is 0 Å². The summed E-state index contributed by atoms with van der Waals surface area (Å²) in [4.78, 5) is 0.422. The zero-order chi connectivity index (χ0) is 12.4. The standard InChI is InChI=1S/C15H21BrO/c1-10-7-11(2)15(12(3)8-10)14(16)9-13-5-4-6-17-13/h7-8,13-14H,4-6,9H2,1-3H3. The molecule has 0 spiro atoms. The molecule has 0 bridgehead atoms. The molecule has 0 aromatic heterocycles. The summed E-state index contributed by atoms with van der Waals surface area (Å²) in [5.74, 6) is 0. The fraction of sp³-hybridized carbons (Fsp3) is 0.600. The van der Waals surface area contributed by atoms with Crippen molar-refractivity contribution < 1.29 is 4.74 Å². The summed E-state index contributed by atoms with van der Waals surface area (Å²) in [5.41, 5.74) is 5.58. The molecule has 1 nitrogen and oxygen atoms in total. The second-order valence-corrected chi connectivity index (χ2v) is 6.26. The maximum absolute atomic E-state index is 5.72. The fourth-order valence-corrected chi connectivity index (χ4v) is 4.00. The molecule has 0 radical (unpaired) electrons. The predicted octanol–water partition coefficient (Wildman–Crippen LogP) is 4.62. The predicted molar refractivity (Wildman–Crippen MR) is 75.9 cm³/mol. The van der Waals surface area contributed by atoms with Gasteiger partial charge in [-0.25, -0.2) is 0 Å². The van der Waals surface area contributed by atoms with Crippen molar-refractivity contribution in [3.05, 3.63) is 34.4 Å². The minimum absolute atomic E-state index is 0.422. The lowest BCUT2D eigenvalue weighted by atomic mass is 9.94. The van der Waals surface area contributed by atoms with Gasteiger partial charge in [-0.15, -0.1) is 0 Å². The topological polar surface area (TPSA) is 9.23 Å². The molecule has 94 valence electrons. The summed E-state index contributed by atoms with van der Waals surface area (Å²) in [5, 5.41) is 0. The molecule has 1 aliphatic heterocycles. The second kappa shape index (κ2) is 5.53. The molecular formula is C15H21BrO. The number of benzene rings is 1. The highest BCUT2D eigenvalue weighted by atomic mass is 79.9. The normalized spacial score (nSPS) is 21.8. The van der Waals surface area contributed by atoms with Crippen LogP contribution in [0.15, 0.2) is 12.1 Å². The highest BCUT2D eigenvalue weighted by molar-refractivity contribution is 9.09. The van der Waals surface area contributed by atoms with Gasteiger partial charge in [0.15, 0.2) is 0 Å². The summed E-state index contributed by atoms with van der Waals surface area (Å²) in [6.07, 6.45) is 3.96. The van der Waals surface area contributed by atoms with E-state index >= 15 is 0 Å². The molecule has 2 atom stereocenters. The first-order valence-corrected chi connectivity index (χ1v) is 7.33. The average Bonchev–Trinajstić information content (AvgIpc) is 2.68. The Kier molecular flexibility index (Phi) is 4.26. The van der Waals surface area contributed by atoms with Crippen LogP contribution in [0, 0.1) is 20.8 Å². The van der Waals surface area contributed by atoms with Crippen LogP contribution in [-0.4, -0.2) is 12.7 Å². The molecule has 0 N–H and O–H groups in total. The number of hydrogen-bond donors (Lipinski definition) is 0. The Morgan fingerprint density at radius 1 is 1.29 bits per heavy atom. The quantitative estimate of drug-likeness (QED) is 0.740. The Labute approximate surface area is 113 Å². The Morgan fingerprint density at radius 3 is 2.47 bits per heavy atom. The molecule has 1 fully saturated rings. The molecule has 1 saturated heterocycles. The van der Waals surface area contributed by atoms with E-state index in [2.05, 4.69) is 48.8 Å². The summed E-state index contributed by atoms with van der Waals surface area (Å²) >= 11 is 3.84. The van der Waals surface area contributed by atoms with Gasteiger partial charge in [-0.05, 0) is 56.7 Å². The lowest BCUT2D eigenvalue weighted by Crippen LogP contribution is -2.09. The van der Waals surface area contributed by atoms with Gasteiger partial charge in [0, 0.05) is 11.4 Å². The minimum Gasteiger partial charge on any atom is -0.378 e. The number of hydrogen-bond acceptors (Lipinski definition) is 1. The zero-order valence-electron chi connectivity index (χ0n) is 10.9. The molecule has 17 heavy (non-hydrogen) atoms. The number of rotatable bonds is 3. The first-order chi connectivity index (χ1) is 8.08. The Hall–Kier alpha value is -0.340. The molecule has 2 heteroatoms. The average molecular weight is 297 g/mol. The van der Waals surface area contributed by atoms with Crippen LogP contribution in [0.4, 0.5) is 0 Å². The lowest BCUT2D eigenvalue weighted by Gasteiger charge is -2.19. The van der Waals surface area contributed by atoms with E-state index in [1.54, 1.807) is 0 Å². The van der Waals surface area contributed by atoms with Gasteiger partial charge in [0.25, 0.3) is 0 Å². The number of aryl methyl sites for hydroxylation is 3. The highest BCUT2D eigenvalue weighted by Crippen LogP contribution is 2.35. The number of ether oxygens (including phenoxy) is 1. The smallest absolute Gasteiger partial charge is 0.0589 e. The minimum atomic E-state index is 0.422. The maximum atomic E-state index is 5.72. The number of halogens is 1. The highest BCUT2D eigenvalue weighted by Gasteiger charge is 2.22. The van der Waals surface area contributed by atoms with Crippen LogP contribution < -0.4 is 0 Å². The van der Waals surface area contributed by atoms with E-state index in [9.17, 15) is 0 Å². The van der Waals surface area contributed by atoms with E-state index in [1.165, 1.54) is 35.1 Å². The van der Waals surface area contributed by atoms with E-state index in [0.717, 1.165) is 13.0 Å². The lowest BCUT2D eigenvalue weighted by molar-refractivity contribution is 0.104. The molecular weight excluding hydrogens is 276 g/mol. The van der Waals surface area contributed by atoms with Crippen molar-refractivity contribution in [1.82, 2.24) is 0 Å². The molecule has 1 aliphatic rings. The summed E-state index contributed by atoms with van der Waals surface area (Å²) < 4.78 is 5.72. The van der Waals surface area contributed by atoms with Crippen LogP contribution >= 0.6 is 15.9 Å². The van der Waals surface area contributed by atoms with Gasteiger partial charge in [0.2, 0.25) is 0 Å². The van der Waals surface area contributed by atoms with Crippen LogP contribution in [0.2, 0.25) is 0 Å².